The highest BCUT2D eigenvalue weighted by Crippen LogP contribution is 2.33. The van der Waals surface area contributed by atoms with E-state index in [-0.39, 0.29) is 11.7 Å². The first-order chi connectivity index (χ1) is 21.6. The molecule has 2 heterocycles. The van der Waals surface area contributed by atoms with Gasteiger partial charge in [0.1, 0.15) is 17.1 Å². The Bertz CT molecular complexity index is 1700. The lowest BCUT2D eigenvalue weighted by atomic mass is 10.0. The lowest BCUT2D eigenvalue weighted by Crippen LogP contribution is -2.31. The number of hydrogen-bond donors (Lipinski definition) is 0. The van der Waals surface area contributed by atoms with Gasteiger partial charge in [0, 0.05) is 12.0 Å². The Kier molecular flexibility index (Phi) is 10.3. The summed E-state index contributed by atoms with van der Waals surface area (Å²) in [5.41, 5.74) is 5.66. The van der Waals surface area contributed by atoms with Gasteiger partial charge in [-0.1, -0.05) is 73.7 Å². The molecule has 4 aromatic rings. The maximum Gasteiger partial charge on any atom is 0.573 e. The van der Waals surface area contributed by atoms with Crippen LogP contribution in [0.2, 0.25) is 0 Å². The molecule has 1 fully saturated rings. The molecule has 1 aliphatic rings. The van der Waals surface area contributed by atoms with E-state index < -0.39 is 6.36 Å². The second-order valence-corrected chi connectivity index (χ2v) is 12.0. The summed E-state index contributed by atoms with van der Waals surface area (Å²) in [6.45, 7) is 4.10. The van der Waals surface area contributed by atoms with Crippen LogP contribution in [0.25, 0.3) is 17.1 Å². The van der Waals surface area contributed by atoms with Gasteiger partial charge in [0.15, 0.2) is 11.0 Å². The van der Waals surface area contributed by atoms with Crippen molar-refractivity contribution < 1.29 is 22.7 Å². The second kappa shape index (κ2) is 14.4. The fourth-order valence-electron chi connectivity index (χ4n) is 5.12. The number of thioether (sulfide) groups is 1. The number of hydrogen-bond acceptors (Lipinski definition) is 6. The Morgan fingerprint density at radius 1 is 1.07 bits per heavy atom. The Balaban J connectivity index is 1.12. The molecule has 1 aromatic heterocycles. The van der Waals surface area contributed by atoms with Gasteiger partial charge < -0.3 is 4.74 Å². The molecule has 1 aliphatic heterocycles. The third-order valence-corrected chi connectivity index (χ3v) is 8.50. The van der Waals surface area contributed by atoms with E-state index >= 15 is 0 Å². The minimum absolute atomic E-state index is 0.0309. The van der Waals surface area contributed by atoms with E-state index in [1.54, 1.807) is 4.90 Å². The predicted octanol–water partition coefficient (Wildman–Crippen LogP) is 8.27. The van der Waals surface area contributed by atoms with Crippen molar-refractivity contribution in [3.8, 4) is 22.8 Å². The predicted molar refractivity (Wildman–Crippen MR) is 176 cm³/mol. The average molecular weight is 652 g/mol. The lowest BCUT2D eigenvalue weighted by molar-refractivity contribution is -0.274. The number of ether oxygens (including phenoxy) is 1. The molecule has 0 atom stereocenters. The van der Waals surface area contributed by atoms with Crippen LogP contribution in [0.15, 0.2) is 78.0 Å². The van der Waals surface area contributed by atoms with Gasteiger partial charge in [-0.15, -0.1) is 18.3 Å². The van der Waals surface area contributed by atoms with Crippen LogP contribution in [-0.2, 0) is 17.6 Å². The first-order valence-corrected chi connectivity index (χ1v) is 16.0. The van der Waals surface area contributed by atoms with Gasteiger partial charge in [-0.05, 0) is 79.6 Å². The minimum Gasteiger partial charge on any atom is -0.406 e. The van der Waals surface area contributed by atoms with E-state index in [9.17, 15) is 18.0 Å². The number of para-hydroxylation sites is 1. The van der Waals surface area contributed by atoms with Gasteiger partial charge in [-0.2, -0.15) is 0 Å². The number of aryl methyl sites for hydroxylation is 3. The lowest BCUT2D eigenvalue weighted by Gasteiger charge is -2.21. The maximum atomic E-state index is 12.8. The topological polar surface area (TPSA) is 72.6 Å². The molecule has 0 radical (unpaired) electrons. The zero-order chi connectivity index (χ0) is 32.0. The highest BCUT2D eigenvalue weighted by atomic mass is 32.2. The first-order valence-electron chi connectivity index (χ1n) is 14.6. The number of amidine groups is 1. The van der Waals surface area contributed by atoms with Gasteiger partial charge in [-0.25, -0.2) is 14.7 Å². The zero-order valence-corrected chi connectivity index (χ0v) is 26.5. The molecule has 1 saturated heterocycles. The van der Waals surface area contributed by atoms with Crippen LogP contribution in [0.3, 0.4) is 0 Å². The number of aliphatic imine (C=N–C) groups is 1. The molecular weight excluding hydrogens is 620 g/mol. The smallest absolute Gasteiger partial charge is 0.406 e. The summed E-state index contributed by atoms with van der Waals surface area (Å²) in [7, 11) is 0. The fourth-order valence-corrected chi connectivity index (χ4v) is 6.29. The molecular formula is C33H32F3N5O2S2. The number of carbonyl (C=O) groups is 1. The van der Waals surface area contributed by atoms with Crippen LogP contribution in [0, 0.1) is 6.92 Å². The van der Waals surface area contributed by atoms with Crippen LogP contribution < -0.4 is 9.64 Å². The van der Waals surface area contributed by atoms with Crippen LogP contribution in [-0.4, -0.2) is 42.9 Å². The molecule has 1 amide bonds. The fraction of sp³-hybridized carbons (Fsp3) is 0.303. The number of alkyl halides is 3. The standard InChI is InChI=1S/C33H32F3N5O2S2/c1-3-24-12-7-9-22(2)30(24)41-29(42)20-45-32(41)38-28(44)14-6-4-5-10-23-11-8-13-25(19-23)31-37-21-40(39-31)26-15-17-27(18-16-26)43-33(34,35)36/h7-9,11-13,15-19,21H,3-6,10,14,20H2,1-2H3. The summed E-state index contributed by atoms with van der Waals surface area (Å²) in [5.74, 6) is 0.616. The largest absolute Gasteiger partial charge is 0.573 e. The Morgan fingerprint density at radius 3 is 2.60 bits per heavy atom. The number of benzene rings is 3. The molecule has 0 N–H and O–H groups in total. The summed E-state index contributed by atoms with van der Waals surface area (Å²) in [4.78, 5) is 24.2. The van der Waals surface area contributed by atoms with E-state index in [0.717, 1.165) is 60.0 Å². The summed E-state index contributed by atoms with van der Waals surface area (Å²) in [6, 6.07) is 19.5. The number of unbranched alkanes of at least 4 members (excludes halogenated alkanes) is 2. The molecule has 0 unspecified atom stereocenters. The highest BCUT2D eigenvalue weighted by molar-refractivity contribution is 8.15. The van der Waals surface area contributed by atoms with Gasteiger partial charge >= 0.3 is 6.36 Å². The number of aromatic nitrogens is 3. The van der Waals surface area contributed by atoms with Crippen molar-refractivity contribution in [2.24, 2.45) is 4.99 Å². The third kappa shape index (κ3) is 8.37. The number of halogens is 3. The van der Waals surface area contributed by atoms with Crippen molar-refractivity contribution >= 4 is 45.7 Å². The molecule has 7 nitrogen and oxygen atoms in total. The van der Waals surface area contributed by atoms with Gasteiger partial charge in [0.05, 0.1) is 17.1 Å². The molecule has 0 bridgehead atoms. The summed E-state index contributed by atoms with van der Waals surface area (Å²) >= 11 is 7.04. The molecule has 12 heteroatoms. The maximum absolute atomic E-state index is 12.8. The summed E-state index contributed by atoms with van der Waals surface area (Å²) in [6.07, 6.45) is 2.02. The van der Waals surface area contributed by atoms with E-state index in [1.807, 2.05) is 31.2 Å². The van der Waals surface area contributed by atoms with E-state index in [2.05, 4.69) is 39.9 Å². The van der Waals surface area contributed by atoms with Gasteiger partial charge in [-0.3, -0.25) is 9.69 Å². The molecule has 5 rings (SSSR count). The highest BCUT2D eigenvalue weighted by Gasteiger charge is 2.32. The molecule has 0 saturated carbocycles. The second-order valence-electron chi connectivity index (χ2n) is 10.6. The van der Waals surface area contributed by atoms with Crippen LogP contribution in [0.4, 0.5) is 18.9 Å². The van der Waals surface area contributed by atoms with E-state index in [0.29, 0.717) is 33.8 Å². The Morgan fingerprint density at radius 2 is 1.84 bits per heavy atom. The number of rotatable bonds is 11. The number of anilines is 1. The molecule has 234 valence electrons. The third-order valence-electron chi connectivity index (χ3n) is 7.28. The monoisotopic (exact) mass is 651 g/mol. The van der Waals surface area contributed by atoms with Crippen molar-refractivity contribution in [2.75, 3.05) is 10.7 Å². The number of nitrogens with zero attached hydrogens (tertiary/aromatic N) is 5. The summed E-state index contributed by atoms with van der Waals surface area (Å²) < 4.78 is 42.7. The van der Waals surface area contributed by atoms with Crippen LogP contribution in [0.5, 0.6) is 5.75 Å². The van der Waals surface area contributed by atoms with Crippen molar-refractivity contribution in [3.05, 3.63) is 89.7 Å². The molecule has 45 heavy (non-hydrogen) atoms. The van der Waals surface area contributed by atoms with Crippen molar-refractivity contribution in [2.45, 2.75) is 58.7 Å². The number of amides is 1. The van der Waals surface area contributed by atoms with Crippen LogP contribution >= 0.6 is 24.0 Å². The quantitative estimate of drug-likeness (QED) is 0.120. The summed E-state index contributed by atoms with van der Waals surface area (Å²) in [5, 5.41) is 5.16. The molecule has 3 aromatic carbocycles. The number of carbonyl (C=O) groups excluding carboxylic acids is 1. The normalized spacial score (nSPS) is 14.4. The Hall–Kier alpha value is -4.03. The Labute approximate surface area is 269 Å². The first kappa shape index (κ1) is 32.4. The molecule has 0 aliphatic carbocycles. The van der Waals surface area contributed by atoms with Crippen molar-refractivity contribution in [1.29, 1.82) is 0 Å². The average Bonchev–Trinajstić information content (AvgIpc) is 3.64. The number of thiocarbonyl (C=S) groups is 1. The SMILES string of the molecule is CCc1cccc(C)c1N1C(=O)CSC1=NC(=S)CCCCCc1cccc(-c2ncn(-c3ccc(OC(F)(F)F)cc3)n2)c1. The van der Waals surface area contributed by atoms with Crippen molar-refractivity contribution in [1.82, 2.24) is 14.8 Å². The van der Waals surface area contributed by atoms with E-state index in [4.69, 9.17) is 17.2 Å². The van der Waals surface area contributed by atoms with Crippen LogP contribution in [0.1, 0.15) is 49.3 Å². The van der Waals surface area contributed by atoms with E-state index in [1.165, 1.54) is 47.0 Å². The minimum atomic E-state index is -4.74. The van der Waals surface area contributed by atoms with Crippen molar-refractivity contribution in [3.63, 3.8) is 0 Å². The van der Waals surface area contributed by atoms with Gasteiger partial charge in [0.2, 0.25) is 5.91 Å². The molecule has 0 spiro atoms. The van der Waals surface area contributed by atoms with Gasteiger partial charge in [0.25, 0.3) is 0 Å². The zero-order valence-electron chi connectivity index (χ0n) is 24.9.